The molecule has 0 atom stereocenters. The van der Waals surface area contributed by atoms with E-state index in [-0.39, 0.29) is 12.4 Å². The fourth-order valence-electron chi connectivity index (χ4n) is 1.69. The van der Waals surface area contributed by atoms with Gasteiger partial charge in [0.15, 0.2) is 0 Å². The first kappa shape index (κ1) is 14.5. The van der Waals surface area contributed by atoms with Crippen molar-refractivity contribution < 1.29 is 5.11 Å². The summed E-state index contributed by atoms with van der Waals surface area (Å²) in [6, 6.07) is 7.28. The zero-order chi connectivity index (χ0) is 12.1. The molecular weight excluding hydrogens is 250 g/mol. The Bertz CT molecular complexity index is 485. The van der Waals surface area contributed by atoms with E-state index < -0.39 is 0 Å². The van der Waals surface area contributed by atoms with Gasteiger partial charge in [-0.25, -0.2) is 0 Å². The number of aromatic nitrogens is 2. The molecule has 1 aromatic heterocycles. The number of phenols is 1. The predicted octanol–water partition coefficient (Wildman–Crippen LogP) is 2.32. The number of nitrogens with zero attached hydrogens (tertiary/aromatic N) is 2. The van der Waals surface area contributed by atoms with E-state index in [1.165, 1.54) is 5.56 Å². The van der Waals surface area contributed by atoms with E-state index in [9.17, 15) is 5.11 Å². The molecule has 0 saturated heterocycles. The van der Waals surface area contributed by atoms with E-state index in [1.807, 2.05) is 29.2 Å². The lowest BCUT2D eigenvalue weighted by Gasteiger charge is -2.03. The van der Waals surface area contributed by atoms with Crippen molar-refractivity contribution in [2.75, 3.05) is 0 Å². The van der Waals surface area contributed by atoms with Crippen molar-refractivity contribution in [3.8, 4) is 5.75 Å². The molecule has 0 amide bonds. The van der Waals surface area contributed by atoms with Gasteiger partial charge in [0.2, 0.25) is 0 Å². The highest BCUT2D eigenvalue weighted by molar-refractivity contribution is 5.85. The van der Waals surface area contributed by atoms with Crippen LogP contribution in [-0.2, 0) is 19.6 Å². The van der Waals surface area contributed by atoms with Crippen molar-refractivity contribution >= 4 is 12.4 Å². The van der Waals surface area contributed by atoms with Crippen molar-refractivity contribution in [3.63, 3.8) is 0 Å². The summed E-state index contributed by atoms with van der Waals surface area (Å²) >= 11 is 0. The highest BCUT2D eigenvalue weighted by atomic mass is 35.5. The number of hydrogen-bond donors (Lipinski definition) is 2. The molecule has 0 aliphatic heterocycles. The summed E-state index contributed by atoms with van der Waals surface area (Å²) in [5.74, 6) is 0.308. The number of rotatable bonds is 5. The van der Waals surface area contributed by atoms with Gasteiger partial charge in [0.05, 0.1) is 6.20 Å². The Morgan fingerprint density at radius 1 is 1.28 bits per heavy atom. The van der Waals surface area contributed by atoms with Gasteiger partial charge in [0.1, 0.15) is 5.75 Å². The van der Waals surface area contributed by atoms with Gasteiger partial charge in [0, 0.05) is 31.4 Å². The number of aryl methyl sites for hydroxylation is 1. The van der Waals surface area contributed by atoms with Crippen LogP contribution in [-0.4, -0.2) is 14.9 Å². The molecule has 18 heavy (non-hydrogen) atoms. The van der Waals surface area contributed by atoms with Crippen molar-refractivity contribution in [1.29, 1.82) is 0 Å². The van der Waals surface area contributed by atoms with Crippen LogP contribution in [0.3, 0.4) is 0 Å². The van der Waals surface area contributed by atoms with E-state index in [4.69, 9.17) is 0 Å². The first-order valence-corrected chi connectivity index (χ1v) is 5.78. The van der Waals surface area contributed by atoms with Gasteiger partial charge < -0.3 is 10.4 Å². The van der Waals surface area contributed by atoms with Crippen molar-refractivity contribution in [2.45, 2.75) is 26.6 Å². The summed E-state index contributed by atoms with van der Waals surface area (Å²) in [7, 11) is 0. The first-order valence-electron chi connectivity index (χ1n) is 5.78. The molecular formula is C13H18ClN3O. The number of phenolic OH excluding ortho intramolecular Hbond substituents is 1. The van der Waals surface area contributed by atoms with Crippen LogP contribution in [0.25, 0.3) is 0 Å². The molecule has 1 heterocycles. The maximum atomic E-state index is 9.32. The van der Waals surface area contributed by atoms with E-state index >= 15 is 0 Å². The van der Waals surface area contributed by atoms with Crippen molar-refractivity contribution in [2.24, 2.45) is 0 Å². The Balaban J connectivity index is 0.00000162. The Kier molecular flexibility index (Phi) is 5.68. The number of halogens is 1. The van der Waals surface area contributed by atoms with Crippen LogP contribution in [0.4, 0.5) is 0 Å². The quantitative estimate of drug-likeness (QED) is 0.874. The number of benzene rings is 1. The molecule has 0 spiro atoms. The molecule has 1 aromatic carbocycles. The number of aromatic hydroxyl groups is 1. The second kappa shape index (κ2) is 7.03. The highest BCUT2D eigenvalue weighted by Crippen LogP contribution is 2.10. The van der Waals surface area contributed by atoms with E-state index in [2.05, 4.69) is 17.3 Å². The molecule has 0 radical (unpaired) electrons. The maximum Gasteiger partial charge on any atom is 0.115 e. The molecule has 2 aromatic rings. The second-order valence-corrected chi connectivity index (χ2v) is 3.98. The first-order chi connectivity index (χ1) is 8.28. The SMILES string of the molecule is CCn1cc(CNCc2cccc(O)c2)cn1.Cl. The third kappa shape index (κ3) is 4.05. The lowest BCUT2D eigenvalue weighted by atomic mass is 10.2. The molecule has 0 bridgehead atoms. The van der Waals surface area contributed by atoms with E-state index in [0.29, 0.717) is 5.75 Å². The molecule has 98 valence electrons. The molecule has 0 aliphatic carbocycles. The molecule has 0 aliphatic rings. The minimum atomic E-state index is 0. The third-order valence-electron chi connectivity index (χ3n) is 2.58. The van der Waals surface area contributed by atoms with Crippen LogP contribution in [0.1, 0.15) is 18.1 Å². The molecule has 0 saturated carbocycles. The summed E-state index contributed by atoms with van der Waals surface area (Å²) in [6.07, 6.45) is 3.91. The molecule has 4 nitrogen and oxygen atoms in total. The van der Waals surface area contributed by atoms with Crippen LogP contribution in [0, 0.1) is 0 Å². The van der Waals surface area contributed by atoms with Gasteiger partial charge in [-0.2, -0.15) is 5.10 Å². The summed E-state index contributed by atoms with van der Waals surface area (Å²) in [4.78, 5) is 0. The molecule has 2 N–H and O–H groups in total. The Morgan fingerprint density at radius 3 is 2.72 bits per heavy atom. The van der Waals surface area contributed by atoms with Crippen LogP contribution < -0.4 is 5.32 Å². The smallest absolute Gasteiger partial charge is 0.115 e. The van der Waals surface area contributed by atoms with Crippen LogP contribution in [0.5, 0.6) is 5.75 Å². The lowest BCUT2D eigenvalue weighted by Crippen LogP contribution is -2.12. The fraction of sp³-hybridized carbons (Fsp3) is 0.308. The van der Waals surface area contributed by atoms with Gasteiger partial charge in [-0.05, 0) is 24.6 Å². The molecule has 5 heteroatoms. The van der Waals surface area contributed by atoms with E-state index in [0.717, 1.165) is 25.2 Å². The largest absolute Gasteiger partial charge is 0.508 e. The topological polar surface area (TPSA) is 50.1 Å². The molecule has 2 rings (SSSR count). The minimum Gasteiger partial charge on any atom is -0.508 e. The Labute approximate surface area is 113 Å². The van der Waals surface area contributed by atoms with Gasteiger partial charge in [0.25, 0.3) is 0 Å². The summed E-state index contributed by atoms with van der Waals surface area (Å²) in [5.41, 5.74) is 2.25. The normalized spacial score (nSPS) is 10.1. The van der Waals surface area contributed by atoms with Gasteiger partial charge in [-0.15, -0.1) is 12.4 Å². The average molecular weight is 268 g/mol. The summed E-state index contributed by atoms with van der Waals surface area (Å²) in [5, 5.41) is 16.9. The standard InChI is InChI=1S/C13H17N3O.ClH/c1-2-16-10-12(9-15-16)8-14-7-11-4-3-5-13(17)6-11;/h3-6,9-10,14,17H,2,7-8H2,1H3;1H. The maximum absolute atomic E-state index is 9.32. The zero-order valence-electron chi connectivity index (χ0n) is 10.3. The lowest BCUT2D eigenvalue weighted by molar-refractivity contribution is 0.474. The van der Waals surface area contributed by atoms with Gasteiger partial charge in [-0.3, -0.25) is 4.68 Å². The van der Waals surface area contributed by atoms with Crippen molar-refractivity contribution in [1.82, 2.24) is 15.1 Å². The monoisotopic (exact) mass is 267 g/mol. The Morgan fingerprint density at radius 2 is 2.06 bits per heavy atom. The number of hydrogen-bond acceptors (Lipinski definition) is 3. The molecule has 0 unspecified atom stereocenters. The molecule has 0 fully saturated rings. The fourth-order valence-corrected chi connectivity index (χ4v) is 1.69. The predicted molar refractivity (Wildman–Crippen MR) is 73.8 cm³/mol. The number of nitrogens with one attached hydrogen (secondary N) is 1. The third-order valence-corrected chi connectivity index (χ3v) is 2.58. The van der Waals surface area contributed by atoms with Gasteiger partial charge >= 0.3 is 0 Å². The van der Waals surface area contributed by atoms with Crippen LogP contribution in [0.2, 0.25) is 0 Å². The van der Waals surface area contributed by atoms with Crippen LogP contribution in [0.15, 0.2) is 36.7 Å². The van der Waals surface area contributed by atoms with Crippen LogP contribution >= 0.6 is 12.4 Å². The average Bonchev–Trinajstić information content (AvgIpc) is 2.77. The van der Waals surface area contributed by atoms with E-state index in [1.54, 1.807) is 12.1 Å². The minimum absolute atomic E-state index is 0. The van der Waals surface area contributed by atoms with Gasteiger partial charge in [-0.1, -0.05) is 12.1 Å². The zero-order valence-corrected chi connectivity index (χ0v) is 11.2. The second-order valence-electron chi connectivity index (χ2n) is 3.98. The highest BCUT2D eigenvalue weighted by Gasteiger charge is 1.98. The summed E-state index contributed by atoms with van der Waals surface area (Å²) in [6.45, 7) is 4.49. The van der Waals surface area contributed by atoms with Crippen molar-refractivity contribution in [3.05, 3.63) is 47.8 Å². The Hall–Kier alpha value is -1.52. The summed E-state index contributed by atoms with van der Waals surface area (Å²) < 4.78 is 1.91.